The van der Waals surface area contributed by atoms with E-state index in [0.29, 0.717) is 53.5 Å². The van der Waals surface area contributed by atoms with Gasteiger partial charge in [0.05, 0.1) is 23.9 Å². The van der Waals surface area contributed by atoms with Crippen molar-refractivity contribution in [2.75, 3.05) is 36.9 Å². The second-order valence-electron chi connectivity index (χ2n) is 6.84. The number of carbonyl (C=O) groups excluding carboxylic acids is 3. The SMILES string of the molecule is CCOC(=O)CNc1ncc(Br)nc1NCCCCCN1C(=O)c2ccccc2C1=O. The summed E-state index contributed by atoms with van der Waals surface area (Å²) in [5.74, 6) is 0.175. The smallest absolute Gasteiger partial charge is 0.325 e. The van der Waals surface area contributed by atoms with Crippen molar-refractivity contribution in [1.29, 1.82) is 0 Å². The van der Waals surface area contributed by atoms with Crippen molar-refractivity contribution in [3.8, 4) is 0 Å². The topological polar surface area (TPSA) is 114 Å². The summed E-state index contributed by atoms with van der Waals surface area (Å²) < 4.78 is 5.47. The average Bonchev–Trinajstić information content (AvgIpc) is 3.00. The molecule has 0 spiro atoms. The number of ether oxygens (including phenoxy) is 1. The highest BCUT2D eigenvalue weighted by atomic mass is 79.9. The third kappa shape index (κ3) is 5.78. The largest absolute Gasteiger partial charge is 0.465 e. The maximum atomic E-state index is 12.4. The number of fused-ring (bicyclic) bond motifs is 1. The van der Waals surface area contributed by atoms with Crippen LogP contribution < -0.4 is 10.6 Å². The molecule has 2 N–H and O–H groups in total. The molecule has 2 amide bonds. The Morgan fingerprint density at radius 3 is 2.45 bits per heavy atom. The number of hydrogen-bond donors (Lipinski definition) is 2. The van der Waals surface area contributed by atoms with Crippen LogP contribution in [0.2, 0.25) is 0 Å². The van der Waals surface area contributed by atoms with Crippen LogP contribution in [0.4, 0.5) is 11.6 Å². The van der Waals surface area contributed by atoms with Crippen LogP contribution in [0.3, 0.4) is 0 Å². The summed E-state index contributed by atoms with van der Waals surface area (Å²) in [7, 11) is 0. The summed E-state index contributed by atoms with van der Waals surface area (Å²) in [5, 5.41) is 6.12. The predicted octanol–water partition coefficient (Wildman–Crippen LogP) is 3.09. The molecule has 0 bridgehead atoms. The van der Waals surface area contributed by atoms with Gasteiger partial charge in [-0.15, -0.1) is 0 Å². The molecule has 9 nitrogen and oxygen atoms in total. The fourth-order valence-electron chi connectivity index (χ4n) is 3.21. The summed E-state index contributed by atoms with van der Waals surface area (Å²) >= 11 is 3.29. The number of carbonyl (C=O) groups is 3. The molecule has 31 heavy (non-hydrogen) atoms. The lowest BCUT2D eigenvalue weighted by Gasteiger charge is -2.14. The molecule has 0 radical (unpaired) electrons. The molecule has 0 fully saturated rings. The zero-order valence-corrected chi connectivity index (χ0v) is 18.8. The fourth-order valence-corrected chi connectivity index (χ4v) is 3.49. The quantitative estimate of drug-likeness (QED) is 0.281. The molecule has 1 aliphatic rings. The number of hydrogen-bond acceptors (Lipinski definition) is 8. The van der Waals surface area contributed by atoms with Gasteiger partial charge in [0.15, 0.2) is 11.6 Å². The predicted molar refractivity (Wildman–Crippen MR) is 119 cm³/mol. The molecule has 3 rings (SSSR count). The van der Waals surface area contributed by atoms with E-state index < -0.39 is 0 Å². The number of unbranched alkanes of at least 4 members (excludes halogenated alkanes) is 2. The maximum absolute atomic E-state index is 12.4. The van der Waals surface area contributed by atoms with Crippen molar-refractivity contribution in [2.24, 2.45) is 0 Å². The summed E-state index contributed by atoms with van der Waals surface area (Å²) in [6.07, 6.45) is 3.90. The van der Waals surface area contributed by atoms with Crippen molar-refractivity contribution >= 4 is 45.3 Å². The number of nitrogens with zero attached hydrogens (tertiary/aromatic N) is 3. The lowest BCUT2D eigenvalue weighted by molar-refractivity contribution is -0.140. The van der Waals surface area contributed by atoms with Gasteiger partial charge in [0.25, 0.3) is 11.8 Å². The molecule has 0 atom stereocenters. The first-order chi connectivity index (χ1) is 15.0. The van der Waals surface area contributed by atoms with Crippen LogP contribution in [0.15, 0.2) is 35.1 Å². The first kappa shape index (κ1) is 22.7. The monoisotopic (exact) mass is 489 g/mol. The second-order valence-corrected chi connectivity index (χ2v) is 7.66. The van der Waals surface area contributed by atoms with Crippen LogP contribution in [-0.4, -0.2) is 58.9 Å². The Balaban J connectivity index is 1.42. The Bertz CT molecular complexity index is 934. The second kappa shape index (κ2) is 10.9. The van der Waals surface area contributed by atoms with Gasteiger partial charge in [0.1, 0.15) is 11.1 Å². The van der Waals surface area contributed by atoms with Crippen LogP contribution >= 0.6 is 15.9 Å². The van der Waals surface area contributed by atoms with Crippen molar-refractivity contribution in [1.82, 2.24) is 14.9 Å². The molecule has 1 aromatic heterocycles. The Hall–Kier alpha value is -3.01. The molecule has 1 aliphatic heterocycles. The molecular weight excluding hydrogens is 466 g/mol. The minimum absolute atomic E-state index is 0.000880. The zero-order valence-electron chi connectivity index (χ0n) is 17.2. The third-order valence-electron chi connectivity index (χ3n) is 4.68. The number of imide groups is 1. The van der Waals surface area contributed by atoms with Crippen LogP contribution in [0, 0.1) is 0 Å². The first-order valence-electron chi connectivity index (χ1n) is 10.1. The summed E-state index contributed by atoms with van der Waals surface area (Å²) in [4.78, 5) is 46.2. The van der Waals surface area contributed by atoms with Gasteiger partial charge in [-0.05, 0) is 54.2 Å². The molecule has 0 saturated carbocycles. The fraction of sp³-hybridized carbons (Fsp3) is 0.381. The number of rotatable bonds is 11. The third-order valence-corrected chi connectivity index (χ3v) is 5.06. The molecule has 1 aromatic carbocycles. The summed E-state index contributed by atoms with van der Waals surface area (Å²) in [6, 6.07) is 6.90. The van der Waals surface area contributed by atoms with Crippen LogP contribution in [0.25, 0.3) is 0 Å². The highest BCUT2D eigenvalue weighted by Crippen LogP contribution is 2.23. The van der Waals surface area contributed by atoms with E-state index in [2.05, 4.69) is 36.5 Å². The van der Waals surface area contributed by atoms with E-state index in [9.17, 15) is 14.4 Å². The van der Waals surface area contributed by atoms with E-state index in [1.165, 1.54) is 4.90 Å². The first-order valence-corrected chi connectivity index (χ1v) is 10.9. The Morgan fingerprint density at radius 2 is 1.77 bits per heavy atom. The van der Waals surface area contributed by atoms with Crippen molar-refractivity contribution < 1.29 is 19.1 Å². The minimum atomic E-state index is -0.369. The molecule has 0 saturated heterocycles. The molecule has 0 aliphatic carbocycles. The van der Waals surface area contributed by atoms with Crippen molar-refractivity contribution in [3.05, 3.63) is 46.2 Å². The molecule has 2 aromatic rings. The van der Waals surface area contributed by atoms with Crippen LogP contribution in [0.1, 0.15) is 46.9 Å². The number of nitrogens with one attached hydrogen (secondary N) is 2. The normalized spacial score (nSPS) is 12.6. The van der Waals surface area contributed by atoms with E-state index in [4.69, 9.17) is 4.74 Å². The van der Waals surface area contributed by atoms with E-state index >= 15 is 0 Å². The van der Waals surface area contributed by atoms with Crippen molar-refractivity contribution in [2.45, 2.75) is 26.2 Å². The summed E-state index contributed by atoms with van der Waals surface area (Å²) in [6.45, 7) is 3.09. The van der Waals surface area contributed by atoms with Gasteiger partial charge >= 0.3 is 5.97 Å². The Labute approximate surface area is 188 Å². The van der Waals surface area contributed by atoms with E-state index in [1.54, 1.807) is 37.4 Å². The highest BCUT2D eigenvalue weighted by molar-refractivity contribution is 9.10. The zero-order chi connectivity index (χ0) is 22.2. The lowest BCUT2D eigenvalue weighted by atomic mass is 10.1. The number of halogens is 1. The van der Waals surface area contributed by atoms with Gasteiger partial charge in [-0.2, -0.15) is 0 Å². The molecule has 164 valence electrons. The van der Waals surface area contributed by atoms with E-state index in [0.717, 1.165) is 12.8 Å². The number of anilines is 2. The van der Waals surface area contributed by atoms with Gasteiger partial charge < -0.3 is 15.4 Å². The highest BCUT2D eigenvalue weighted by Gasteiger charge is 2.34. The number of aromatic nitrogens is 2. The standard InChI is InChI=1S/C21H24BrN5O4/c1-2-31-17(28)13-25-18-19(26-16(22)12-24-18)23-10-6-3-7-11-27-20(29)14-8-4-5-9-15(14)21(27)30/h4-5,8-9,12H,2-3,6-7,10-11,13H2,1H3,(H,23,26)(H,24,25). The molecular formula is C21H24BrN5O4. The minimum Gasteiger partial charge on any atom is -0.465 e. The van der Waals surface area contributed by atoms with E-state index in [-0.39, 0.29) is 24.3 Å². The van der Waals surface area contributed by atoms with Gasteiger partial charge in [0.2, 0.25) is 0 Å². The number of amides is 2. The number of benzene rings is 1. The number of esters is 1. The Kier molecular flexibility index (Phi) is 7.94. The van der Waals surface area contributed by atoms with Gasteiger partial charge in [-0.3, -0.25) is 19.3 Å². The molecule has 10 heteroatoms. The lowest BCUT2D eigenvalue weighted by Crippen LogP contribution is -2.30. The molecule has 2 heterocycles. The van der Waals surface area contributed by atoms with Crippen LogP contribution in [0.5, 0.6) is 0 Å². The summed E-state index contributed by atoms with van der Waals surface area (Å²) in [5.41, 5.74) is 0.954. The van der Waals surface area contributed by atoms with Gasteiger partial charge in [-0.25, -0.2) is 9.97 Å². The van der Waals surface area contributed by atoms with Crippen molar-refractivity contribution in [3.63, 3.8) is 0 Å². The Morgan fingerprint density at radius 1 is 1.06 bits per heavy atom. The van der Waals surface area contributed by atoms with Gasteiger partial charge in [0, 0.05) is 13.1 Å². The van der Waals surface area contributed by atoms with Gasteiger partial charge in [-0.1, -0.05) is 12.1 Å². The maximum Gasteiger partial charge on any atom is 0.325 e. The van der Waals surface area contributed by atoms with Crippen LogP contribution in [-0.2, 0) is 9.53 Å². The average molecular weight is 490 g/mol. The molecule has 0 unspecified atom stereocenters. The van der Waals surface area contributed by atoms with E-state index in [1.807, 2.05) is 0 Å².